The first-order valence-corrected chi connectivity index (χ1v) is 10.2. The summed E-state index contributed by atoms with van der Waals surface area (Å²) in [4.78, 5) is 14.8. The lowest BCUT2D eigenvalue weighted by atomic mass is 9.82. The third-order valence-corrected chi connectivity index (χ3v) is 5.43. The van der Waals surface area contributed by atoms with Crippen LogP contribution in [-0.4, -0.2) is 36.4 Å². The second-order valence-corrected chi connectivity index (χ2v) is 7.53. The monoisotopic (exact) mass is 395 g/mol. The van der Waals surface area contributed by atoms with Gasteiger partial charge in [-0.15, -0.1) is 0 Å². The average Bonchev–Trinajstić information content (AvgIpc) is 2.64. The summed E-state index contributed by atoms with van der Waals surface area (Å²) in [5.41, 5.74) is 1.65. The number of carbonyl (C=O) groups is 1. The van der Waals surface area contributed by atoms with Gasteiger partial charge in [0.05, 0.1) is 24.1 Å². The predicted molar refractivity (Wildman–Crippen MR) is 104 cm³/mol. The van der Waals surface area contributed by atoms with Crippen LogP contribution in [0.1, 0.15) is 51.0 Å². The van der Waals surface area contributed by atoms with Gasteiger partial charge in [-0.3, -0.25) is 4.79 Å². The number of rotatable bonds is 4. The largest absolute Gasteiger partial charge is 0.490 e. The van der Waals surface area contributed by atoms with Crippen molar-refractivity contribution < 1.29 is 24.4 Å². The molecule has 148 valence electrons. The smallest absolute Gasteiger partial charge is 0.444 e. The third kappa shape index (κ3) is 5.06. The van der Waals surface area contributed by atoms with Crippen molar-refractivity contribution in [2.24, 2.45) is 5.92 Å². The van der Waals surface area contributed by atoms with Gasteiger partial charge in [0, 0.05) is 5.56 Å². The Labute approximate surface area is 164 Å². The molecule has 1 heterocycles. The Hall–Kier alpha value is -1.95. The number of hydrogen-bond donors (Lipinski definition) is 3. The van der Waals surface area contributed by atoms with E-state index in [1.54, 1.807) is 6.07 Å². The highest BCUT2D eigenvalue weighted by Gasteiger charge is 2.37. The van der Waals surface area contributed by atoms with Crippen LogP contribution in [0.25, 0.3) is 0 Å². The Morgan fingerprint density at radius 1 is 1.30 bits per heavy atom. The van der Waals surface area contributed by atoms with Crippen molar-refractivity contribution >= 4 is 29.3 Å². The van der Waals surface area contributed by atoms with Crippen molar-refractivity contribution in [3.05, 3.63) is 22.7 Å². The van der Waals surface area contributed by atoms with Crippen LogP contribution in [-0.2, 0) is 16.0 Å². The average molecular weight is 396 g/mol. The van der Waals surface area contributed by atoms with Gasteiger partial charge in [0.2, 0.25) is 0 Å². The van der Waals surface area contributed by atoms with Gasteiger partial charge in [-0.05, 0) is 57.6 Å². The Balaban J connectivity index is 1.75. The summed E-state index contributed by atoms with van der Waals surface area (Å²) in [6.07, 6.45) is 6.42. The Morgan fingerprint density at radius 2 is 2.07 bits per heavy atom. The topological polar surface area (TPSA) is 81.8 Å². The van der Waals surface area contributed by atoms with E-state index in [0.29, 0.717) is 30.2 Å². The predicted octanol–water partition coefficient (Wildman–Crippen LogP) is 2.58. The zero-order valence-corrected chi connectivity index (χ0v) is 16.5. The molecule has 0 unspecified atom stereocenters. The summed E-state index contributed by atoms with van der Waals surface area (Å²) in [5.74, 6) is 0.556. The van der Waals surface area contributed by atoms with E-state index in [-0.39, 0.29) is 24.0 Å². The molecule has 2 aliphatic rings. The number of nitrogens with one attached hydrogen (secondary N) is 2. The number of esters is 1. The summed E-state index contributed by atoms with van der Waals surface area (Å²) in [7, 11) is 0. The lowest BCUT2D eigenvalue weighted by molar-refractivity contribution is -0.466. The second kappa shape index (κ2) is 9.31. The van der Waals surface area contributed by atoms with Crippen LogP contribution < -0.4 is 15.0 Å². The Kier molecular flexibility index (Phi) is 6.83. The summed E-state index contributed by atoms with van der Waals surface area (Å²) in [6, 6.07) is 3.66. The van der Waals surface area contributed by atoms with Crippen molar-refractivity contribution in [3.63, 3.8) is 0 Å². The number of halogens is 1. The van der Waals surface area contributed by atoms with E-state index in [1.165, 1.54) is 0 Å². The van der Waals surface area contributed by atoms with Gasteiger partial charge in [-0.1, -0.05) is 18.0 Å². The van der Waals surface area contributed by atoms with E-state index in [0.717, 1.165) is 50.0 Å². The van der Waals surface area contributed by atoms with Crippen LogP contribution in [0.4, 0.5) is 5.69 Å². The molecule has 1 aromatic rings. The van der Waals surface area contributed by atoms with Crippen LogP contribution in [0.5, 0.6) is 5.75 Å². The SMILES string of the molecule is CCOC(=O)C1CC(Oc2ccc(Cl)c3c2CCCCCC[NH+]=C(O)N3)C1. The van der Waals surface area contributed by atoms with E-state index in [9.17, 15) is 9.90 Å². The minimum atomic E-state index is -0.139. The number of benzene rings is 1. The van der Waals surface area contributed by atoms with E-state index >= 15 is 0 Å². The quantitative estimate of drug-likeness (QED) is 0.682. The number of carbonyl (C=O) groups excluding carboxylic acids is 1. The zero-order chi connectivity index (χ0) is 19.2. The molecule has 0 radical (unpaired) electrons. The zero-order valence-electron chi connectivity index (χ0n) is 15.7. The summed E-state index contributed by atoms with van der Waals surface area (Å²) < 4.78 is 11.3. The summed E-state index contributed by atoms with van der Waals surface area (Å²) >= 11 is 6.39. The molecule has 3 rings (SSSR count). The van der Waals surface area contributed by atoms with Crippen molar-refractivity contribution in [2.45, 2.75) is 58.0 Å². The number of hydrogen-bond acceptors (Lipinski definition) is 4. The van der Waals surface area contributed by atoms with Gasteiger partial charge in [-0.25, -0.2) is 10.3 Å². The van der Waals surface area contributed by atoms with Crippen LogP contribution in [0.3, 0.4) is 0 Å². The first-order chi connectivity index (χ1) is 13.1. The second-order valence-electron chi connectivity index (χ2n) is 7.12. The summed E-state index contributed by atoms with van der Waals surface area (Å²) in [5, 5.41) is 13.7. The van der Waals surface area contributed by atoms with Crippen molar-refractivity contribution in [2.75, 3.05) is 18.5 Å². The van der Waals surface area contributed by atoms with Gasteiger partial charge >= 0.3 is 12.0 Å². The Morgan fingerprint density at radius 3 is 2.85 bits per heavy atom. The molecule has 27 heavy (non-hydrogen) atoms. The molecule has 1 aromatic carbocycles. The van der Waals surface area contributed by atoms with Gasteiger partial charge < -0.3 is 14.6 Å². The van der Waals surface area contributed by atoms with Gasteiger partial charge in [0.1, 0.15) is 11.9 Å². The van der Waals surface area contributed by atoms with Crippen LogP contribution in [0, 0.1) is 5.92 Å². The highest BCUT2D eigenvalue weighted by Crippen LogP contribution is 2.39. The summed E-state index contributed by atoms with van der Waals surface area (Å²) in [6.45, 7) is 2.95. The molecule has 0 amide bonds. The maximum absolute atomic E-state index is 11.8. The molecule has 0 saturated heterocycles. The molecule has 1 saturated carbocycles. The molecule has 1 aliphatic carbocycles. The molecule has 0 bridgehead atoms. The number of anilines is 1. The first kappa shape index (κ1) is 19.8. The number of aliphatic hydroxyl groups excluding tert-OH is 1. The minimum absolute atomic E-state index is 0.00133. The molecular formula is C20H28ClN2O4+. The van der Waals surface area contributed by atoms with Crippen molar-refractivity contribution in [1.29, 1.82) is 0 Å². The van der Waals surface area contributed by atoms with Crippen LogP contribution in [0.15, 0.2) is 12.1 Å². The van der Waals surface area contributed by atoms with Crippen LogP contribution >= 0.6 is 11.6 Å². The Bertz CT molecular complexity index is 701. The van der Waals surface area contributed by atoms with Gasteiger partial charge in [0.25, 0.3) is 0 Å². The fraction of sp³-hybridized carbons (Fsp3) is 0.600. The maximum Gasteiger partial charge on any atom is 0.444 e. The maximum atomic E-state index is 11.8. The standard InChI is InChI=1S/C20H27ClN2O4/c1-2-26-19(24)13-11-14(12-13)27-17-9-8-16(21)18-15(17)7-5-3-4-6-10-22-20(25)23-18/h8-9,13-14H,2-7,10-12H2,1H3,(H2,22,23,25)/p+1. The molecule has 0 aromatic heterocycles. The number of amidine groups is 1. The van der Waals surface area contributed by atoms with Gasteiger partial charge in [-0.2, -0.15) is 0 Å². The third-order valence-electron chi connectivity index (χ3n) is 5.12. The van der Waals surface area contributed by atoms with E-state index in [2.05, 4.69) is 10.3 Å². The fourth-order valence-electron chi connectivity index (χ4n) is 3.54. The van der Waals surface area contributed by atoms with E-state index in [4.69, 9.17) is 21.1 Å². The first-order valence-electron chi connectivity index (χ1n) is 9.80. The van der Waals surface area contributed by atoms with Crippen molar-refractivity contribution in [1.82, 2.24) is 0 Å². The number of fused-ring (bicyclic) bond motifs is 1. The molecule has 0 spiro atoms. The normalized spacial score (nSPS) is 23.0. The molecule has 1 aliphatic heterocycles. The fourth-order valence-corrected chi connectivity index (χ4v) is 3.76. The lowest BCUT2D eigenvalue weighted by Gasteiger charge is -2.34. The molecule has 7 heteroatoms. The highest BCUT2D eigenvalue weighted by molar-refractivity contribution is 6.34. The minimum Gasteiger partial charge on any atom is -0.490 e. The molecule has 3 N–H and O–H groups in total. The van der Waals surface area contributed by atoms with Crippen LogP contribution in [0.2, 0.25) is 5.02 Å². The molecule has 6 nitrogen and oxygen atoms in total. The molecule has 1 fully saturated rings. The van der Waals surface area contributed by atoms with E-state index < -0.39 is 0 Å². The molecule has 0 atom stereocenters. The van der Waals surface area contributed by atoms with Crippen molar-refractivity contribution in [3.8, 4) is 5.75 Å². The van der Waals surface area contributed by atoms with Gasteiger partial charge in [0.15, 0.2) is 5.69 Å². The highest BCUT2D eigenvalue weighted by atomic mass is 35.5. The number of ether oxygens (including phenoxy) is 2. The van der Waals surface area contributed by atoms with E-state index in [1.807, 2.05) is 13.0 Å². The number of aliphatic hydroxyl groups is 1. The molecular weight excluding hydrogens is 368 g/mol. The lowest BCUT2D eigenvalue weighted by Crippen LogP contribution is -2.75.